The van der Waals surface area contributed by atoms with Crippen LogP contribution in [-0.4, -0.2) is 48.3 Å². The first-order chi connectivity index (χ1) is 13.1. The highest BCUT2D eigenvalue weighted by Gasteiger charge is 2.39. The topological polar surface area (TPSA) is 55.4 Å². The van der Waals surface area contributed by atoms with Crippen LogP contribution in [0.15, 0.2) is 24.3 Å². The van der Waals surface area contributed by atoms with Crippen molar-refractivity contribution in [2.24, 2.45) is 0 Å². The van der Waals surface area contributed by atoms with Gasteiger partial charge in [-0.2, -0.15) is 0 Å². The minimum atomic E-state index is -2.61. The van der Waals surface area contributed by atoms with E-state index in [0.29, 0.717) is 33.0 Å². The van der Waals surface area contributed by atoms with Gasteiger partial charge in [-0.15, -0.1) is 0 Å². The molecule has 0 aromatic heterocycles. The van der Waals surface area contributed by atoms with Crippen LogP contribution < -0.4 is 4.74 Å². The van der Waals surface area contributed by atoms with Crippen LogP contribution in [0, 0.1) is 0 Å². The van der Waals surface area contributed by atoms with Crippen LogP contribution in [0.25, 0.3) is 0 Å². The zero-order valence-electron chi connectivity index (χ0n) is 17.5. The van der Waals surface area contributed by atoms with Gasteiger partial charge in [-0.3, -0.25) is 0 Å². The second-order valence-electron chi connectivity index (χ2n) is 5.76. The van der Waals surface area contributed by atoms with Crippen LogP contribution in [0.1, 0.15) is 46.6 Å². The van der Waals surface area contributed by atoms with E-state index in [2.05, 4.69) is 6.07 Å². The molecule has 0 aliphatic carbocycles. The zero-order chi connectivity index (χ0) is 20.0. The first kappa shape index (κ1) is 24.1. The van der Waals surface area contributed by atoms with E-state index in [9.17, 15) is 0 Å². The highest BCUT2D eigenvalue weighted by atomic mass is 28.4. The molecule has 0 saturated carbocycles. The van der Waals surface area contributed by atoms with Crippen molar-refractivity contribution >= 4 is 8.80 Å². The third-order valence-electron chi connectivity index (χ3n) is 3.82. The molecule has 0 bridgehead atoms. The van der Waals surface area contributed by atoms with Gasteiger partial charge in [0.25, 0.3) is 0 Å². The van der Waals surface area contributed by atoms with Crippen molar-refractivity contribution in [2.75, 3.05) is 33.0 Å². The van der Waals surface area contributed by atoms with Gasteiger partial charge in [0.2, 0.25) is 0 Å². The molecule has 27 heavy (non-hydrogen) atoms. The molecule has 6 nitrogen and oxygen atoms in total. The van der Waals surface area contributed by atoms with Gasteiger partial charge in [-0.05, 0) is 59.1 Å². The van der Waals surface area contributed by atoms with Gasteiger partial charge >= 0.3 is 15.3 Å². The smallest absolute Gasteiger partial charge is 0.441 e. The van der Waals surface area contributed by atoms with Gasteiger partial charge < -0.3 is 27.5 Å². The third kappa shape index (κ3) is 8.72. The van der Waals surface area contributed by atoms with Crippen molar-refractivity contribution < 1.29 is 27.5 Å². The zero-order valence-corrected chi connectivity index (χ0v) is 18.5. The normalized spacial score (nSPS) is 11.9. The Labute approximate surface area is 165 Å². The van der Waals surface area contributed by atoms with Crippen molar-refractivity contribution in [1.82, 2.24) is 0 Å². The third-order valence-corrected chi connectivity index (χ3v) is 6.97. The highest BCUT2D eigenvalue weighted by molar-refractivity contribution is 6.60. The Morgan fingerprint density at radius 2 is 1.33 bits per heavy atom. The summed E-state index contributed by atoms with van der Waals surface area (Å²) in [7, 11) is -2.61. The van der Waals surface area contributed by atoms with Gasteiger partial charge in [-0.25, -0.2) is 0 Å². The summed E-state index contributed by atoms with van der Waals surface area (Å²) in [5, 5.41) is 0. The lowest BCUT2D eigenvalue weighted by Crippen LogP contribution is -2.46. The van der Waals surface area contributed by atoms with E-state index in [0.717, 1.165) is 30.2 Å². The minimum absolute atomic E-state index is 0.526. The standard InChI is InChI=1S/C20H36O6Si/c1-6-21-20(22-7-2)26-19-16-12-11-14-18(19)15-13-17-27(23-8-3,24-9-4)25-10-5/h11-12,14,16,20H,6-10,13,15,17H2,1-5H3. The number of ether oxygens (including phenoxy) is 3. The Morgan fingerprint density at radius 3 is 1.85 bits per heavy atom. The molecule has 7 heteroatoms. The molecule has 1 aromatic carbocycles. The fraction of sp³-hybridized carbons (Fsp3) is 0.700. The Hall–Kier alpha value is -0.963. The Balaban J connectivity index is 2.75. The van der Waals surface area contributed by atoms with Gasteiger partial charge in [0.15, 0.2) is 0 Å². The molecule has 0 aliphatic heterocycles. The summed E-state index contributed by atoms with van der Waals surface area (Å²) >= 11 is 0. The van der Waals surface area contributed by atoms with Gasteiger partial charge in [-0.1, -0.05) is 18.2 Å². The summed E-state index contributed by atoms with van der Waals surface area (Å²) < 4.78 is 34.7. The number of rotatable bonds is 16. The lowest BCUT2D eigenvalue weighted by Gasteiger charge is -2.28. The van der Waals surface area contributed by atoms with Gasteiger partial charge in [0.05, 0.1) is 13.2 Å². The molecule has 0 radical (unpaired) electrons. The van der Waals surface area contributed by atoms with Gasteiger partial charge in [0.1, 0.15) is 5.75 Å². The molecule has 0 atom stereocenters. The lowest BCUT2D eigenvalue weighted by atomic mass is 10.1. The fourth-order valence-corrected chi connectivity index (χ4v) is 5.43. The van der Waals surface area contributed by atoms with Crippen LogP contribution in [0.5, 0.6) is 5.75 Å². The minimum Gasteiger partial charge on any atom is -0.441 e. The lowest BCUT2D eigenvalue weighted by molar-refractivity contribution is -0.242. The maximum absolute atomic E-state index is 5.93. The molecule has 0 unspecified atom stereocenters. The summed E-state index contributed by atoms with van der Waals surface area (Å²) in [6.45, 7) is 11.9. The van der Waals surface area contributed by atoms with E-state index >= 15 is 0 Å². The maximum atomic E-state index is 5.93. The largest absolute Gasteiger partial charge is 0.500 e. The molecule has 0 heterocycles. The molecular formula is C20H36O6Si. The van der Waals surface area contributed by atoms with E-state index in [-0.39, 0.29) is 0 Å². The van der Waals surface area contributed by atoms with Crippen LogP contribution in [0.4, 0.5) is 0 Å². The van der Waals surface area contributed by atoms with Crippen molar-refractivity contribution in [1.29, 1.82) is 0 Å². The van der Waals surface area contributed by atoms with E-state index < -0.39 is 15.3 Å². The predicted octanol–water partition coefficient (Wildman–Crippen LogP) is 4.40. The summed E-state index contributed by atoms with van der Waals surface area (Å²) in [6, 6.07) is 8.75. The average molecular weight is 401 g/mol. The van der Waals surface area contributed by atoms with E-state index in [1.807, 2.05) is 52.8 Å². The predicted molar refractivity (Wildman–Crippen MR) is 108 cm³/mol. The van der Waals surface area contributed by atoms with E-state index in [1.54, 1.807) is 0 Å². The Morgan fingerprint density at radius 1 is 0.778 bits per heavy atom. The van der Waals surface area contributed by atoms with Crippen LogP contribution in [0.2, 0.25) is 6.04 Å². The molecule has 0 aliphatic rings. The van der Waals surface area contributed by atoms with E-state index in [4.69, 9.17) is 27.5 Å². The van der Waals surface area contributed by atoms with Crippen LogP contribution >= 0.6 is 0 Å². The monoisotopic (exact) mass is 400 g/mol. The molecule has 0 spiro atoms. The summed E-state index contributed by atoms with van der Waals surface area (Å²) in [5.41, 5.74) is 1.11. The number of hydrogen-bond donors (Lipinski definition) is 0. The SMILES string of the molecule is CCOC(OCC)Oc1ccccc1CCC[Si](OCC)(OCC)OCC. The average Bonchev–Trinajstić information content (AvgIpc) is 2.64. The van der Waals surface area contributed by atoms with Crippen LogP contribution in [0.3, 0.4) is 0 Å². The number of para-hydroxylation sites is 1. The molecule has 0 saturated heterocycles. The first-order valence-electron chi connectivity index (χ1n) is 10.0. The second-order valence-corrected chi connectivity index (χ2v) is 8.49. The van der Waals surface area contributed by atoms with Crippen molar-refractivity contribution in [3.63, 3.8) is 0 Å². The molecule has 156 valence electrons. The molecule has 1 aromatic rings. The maximum Gasteiger partial charge on any atom is 0.500 e. The number of benzene rings is 1. The summed E-state index contributed by atoms with van der Waals surface area (Å²) in [5.74, 6) is 0.779. The molecule has 1 rings (SSSR count). The van der Waals surface area contributed by atoms with Crippen molar-refractivity contribution in [3.8, 4) is 5.75 Å². The summed E-state index contributed by atoms with van der Waals surface area (Å²) in [6.07, 6.45) is 1.73. The number of hydrogen-bond acceptors (Lipinski definition) is 6. The highest BCUT2D eigenvalue weighted by Crippen LogP contribution is 2.25. The molecule has 0 N–H and O–H groups in total. The van der Waals surface area contributed by atoms with Gasteiger partial charge in [0, 0.05) is 25.9 Å². The van der Waals surface area contributed by atoms with Crippen LogP contribution in [-0.2, 0) is 29.2 Å². The number of aryl methyl sites for hydroxylation is 1. The van der Waals surface area contributed by atoms with Crippen molar-refractivity contribution in [3.05, 3.63) is 29.8 Å². The van der Waals surface area contributed by atoms with E-state index in [1.165, 1.54) is 0 Å². The Kier molecular flexibility index (Phi) is 12.6. The Bertz CT molecular complexity index is 476. The quantitative estimate of drug-likeness (QED) is 0.303. The molecule has 0 amide bonds. The molecule has 0 fully saturated rings. The van der Waals surface area contributed by atoms with Crippen molar-refractivity contribution in [2.45, 2.75) is 60.0 Å². The first-order valence-corrected chi connectivity index (χ1v) is 12.0. The summed E-state index contributed by atoms with van der Waals surface area (Å²) in [4.78, 5) is 0. The fourth-order valence-electron chi connectivity index (χ4n) is 2.81. The molecular weight excluding hydrogens is 364 g/mol. The second kappa shape index (κ2) is 14.1.